The Bertz CT molecular complexity index is 1130. The Hall–Kier alpha value is -3.34. The normalized spacial score (nSPS) is 12.9. The van der Waals surface area contributed by atoms with Crippen molar-refractivity contribution < 1.29 is 23.1 Å². The van der Waals surface area contributed by atoms with Crippen molar-refractivity contribution in [3.05, 3.63) is 94.5 Å². The van der Waals surface area contributed by atoms with Crippen LogP contribution in [-0.2, 0) is 11.0 Å². The molecule has 0 fully saturated rings. The molecular formula is C28H27F3O2. The van der Waals surface area contributed by atoms with Crippen LogP contribution in [0.2, 0.25) is 0 Å². The molecule has 0 aliphatic heterocycles. The summed E-state index contributed by atoms with van der Waals surface area (Å²) in [5.41, 5.74) is 4.14. The maximum atomic E-state index is 13.0. The standard InChI is InChI=1S/C28H27F3O2/c1-18(2)14-26(27(32)33)24-16-21(9-8-20-6-4-19(3)5-7-20)15-23(17-24)22-10-12-25(13-11-22)28(29,30)31/h4-13,15-18,26H,14H2,1-3H3,(H,32,33)/b9-8+. The fourth-order valence-corrected chi connectivity index (χ4v) is 3.71. The first-order chi connectivity index (χ1) is 15.5. The van der Waals surface area contributed by atoms with Crippen LogP contribution in [0, 0.1) is 12.8 Å². The van der Waals surface area contributed by atoms with Crippen LogP contribution in [0.1, 0.15) is 54.0 Å². The lowest BCUT2D eigenvalue weighted by molar-refractivity contribution is -0.139. The van der Waals surface area contributed by atoms with Gasteiger partial charge in [0.25, 0.3) is 0 Å². The fourth-order valence-electron chi connectivity index (χ4n) is 3.71. The summed E-state index contributed by atoms with van der Waals surface area (Å²) in [7, 11) is 0. The zero-order valence-corrected chi connectivity index (χ0v) is 18.9. The SMILES string of the molecule is Cc1ccc(/C=C/c2cc(-c3ccc(C(F)(F)F)cc3)cc(C(CC(C)C)C(=O)O)c2)cc1. The van der Waals surface area contributed by atoms with E-state index in [2.05, 4.69) is 0 Å². The van der Waals surface area contributed by atoms with Crippen molar-refractivity contribution in [1.82, 2.24) is 0 Å². The zero-order chi connectivity index (χ0) is 24.2. The lowest BCUT2D eigenvalue weighted by Gasteiger charge is -2.17. The van der Waals surface area contributed by atoms with Crippen molar-refractivity contribution in [2.75, 3.05) is 0 Å². The second-order valence-electron chi connectivity index (χ2n) is 8.73. The van der Waals surface area contributed by atoms with Crippen LogP contribution in [0.3, 0.4) is 0 Å². The van der Waals surface area contributed by atoms with Crippen LogP contribution < -0.4 is 0 Å². The molecule has 1 unspecified atom stereocenters. The Labute approximate surface area is 192 Å². The average Bonchev–Trinajstić information content (AvgIpc) is 2.76. The predicted octanol–water partition coefficient (Wildman–Crippen LogP) is 8.07. The molecule has 0 spiro atoms. The Morgan fingerprint density at radius 1 is 0.879 bits per heavy atom. The first-order valence-electron chi connectivity index (χ1n) is 10.8. The van der Waals surface area contributed by atoms with E-state index in [1.165, 1.54) is 12.1 Å². The van der Waals surface area contributed by atoms with Gasteiger partial charge in [-0.05, 0) is 65.3 Å². The molecule has 2 nitrogen and oxygen atoms in total. The largest absolute Gasteiger partial charge is 0.481 e. The van der Waals surface area contributed by atoms with Gasteiger partial charge in [0, 0.05) is 0 Å². The maximum absolute atomic E-state index is 13.0. The first-order valence-corrected chi connectivity index (χ1v) is 10.8. The van der Waals surface area contributed by atoms with Gasteiger partial charge >= 0.3 is 12.1 Å². The van der Waals surface area contributed by atoms with Crippen LogP contribution >= 0.6 is 0 Å². The third-order valence-corrected chi connectivity index (χ3v) is 5.48. The molecule has 3 aromatic carbocycles. The van der Waals surface area contributed by atoms with E-state index in [1.54, 1.807) is 6.07 Å². The van der Waals surface area contributed by atoms with Gasteiger partial charge in [-0.3, -0.25) is 4.79 Å². The summed E-state index contributed by atoms with van der Waals surface area (Å²) in [4.78, 5) is 12.0. The molecule has 1 N–H and O–H groups in total. The third-order valence-electron chi connectivity index (χ3n) is 5.48. The fraction of sp³-hybridized carbons (Fsp3) is 0.250. The van der Waals surface area contributed by atoms with Crippen molar-refractivity contribution in [2.24, 2.45) is 5.92 Å². The van der Waals surface area contributed by atoms with Crippen LogP contribution in [0.15, 0.2) is 66.7 Å². The highest BCUT2D eigenvalue weighted by Gasteiger charge is 2.30. The van der Waals surface area contributed by atoms with E-state index in [-0.39, 0.29) is 5.92 Å². The molecule has 0 aliphatic carbocycles. The van der Waals surface area contributed by atoms with Crippen LogP contribution in [0.25, 0.3) is 23.3 Å². The summed E-state index contributed by atoms with van der Waals surface area (Å²) in [6.07, 6.45) is -0.107. The molecule has 1 atom stereocenters. The lowest BCUT2D eigenvalue weighted by atomic mass is 9.87. The number of benzene rings is 3. The summed E-state index contributed by atoms with van der Waals surface area (Å²) in [6.45, 7) is 5.94. The van der Waals surface area contributed by atoms with E-state index in [9.17, 15) is 23.1 Å². The summed E-state index contributed by atoms with van der Waals surface area (Å²) in [6, 6.07) is 18.4. The van der Waals surface area contributed by atoms with Gasteiger partial charge in [-0.25, -0.2) is 0 Å². The number of carboxylic acid groups (broad SMARTS) is 1. The van der Waals surface area contributed by atoms with Gasteiger partial charge in [0.1, 0.15) is 0 Å². The predicted molar refractivity (Wildman–Crippen MR) is 127 cm³/mol. The second-order valence-corrected chi connectivity index (χ2v) is 8.73. The van der Waals surface area contributed by atoms with Gasteiger partial charge in [-0.2, -0.15) is 13.2 Å². The monoisotopic (exact) mass is 452 g/mol. The van der Waals surface area contributed by atoms with E-state index in [0.29, 0.717) is 23.1 Å². The number of aryl methyl sites for hydroxylation is 1. The maximum Gasteiger partial charge on any atom is 0.416 e. The molecule has 0 radical (unpaired) electrons. The highest BCUT2D eigenvalue weighted by Crippen LogP contribution is 2.33. The number of halogens is 3. The van der Waals surface area contributed by atoms with Crippen LogP contribution in [0.5, 0.6) is 0 Å². The molecule has 0 saturated carbocycles. The van der Waals surface area contributed by atoms with Crippen molar-refractivity contribution in [3.63, 3.8) is 0 Å². The Kier molecular flexibility index (Phi) is 7.42. The molecule has 0 aliphatic rings. The summed E-state index contributed by atoms with van der Waals surface area (Å²) < 4.78 is 38.9. The van der Waals surface area contributed by atoms with E-state index in [4.69, 9.17) is 0 Å². The van der Waals surface area contributed by atoms with Gasteiger partial charge in [-0.1, -0.05) is 80.1 Å². The molecule has 5 heteroatoms. The topological polar surface area (TPSA) is 37.3 Å². The molecule has 0 heterocycles. The summed E-state index contributed by atoms with van der Waals surface area (Å²) >= 11 is 0. The van der Waals surface area contributed by atoms with E-state index >= 15 is 0 Å². The highest BCUT2D eigenvalue weighted by atomic mass is 19.4. The van der Waals surface area contributed by atoms with E-state index in [0.717, 1.165) is 28.8 Å². The molecule has 3 rings (SSSR count). The van der Waals surface area contributed by atoms with Gasteiger partial charge in [-0.15, -0.1) is 0 Å². The average molecular weight is 453 g/mol. The van der Waals surface area contributed by atoms with E-state index in [1.807, 2.05) is 69.3 Å². The quantitative estimate of drug-likeness (QED) is 0.368. The Balaban J connectivity index is 2.06. The smallest absolute Gasteiger partial charge is 0.416 e. The Morgan fingerprint density at radius 3 is 2.03 bits per heavy atom. The molecule has 33 heavy (non-hydrogen) atoms. The molecule has 0 amide bonds. The number of aliphatic carboxylic acids is 1. The number of carbonyl (C=O) groups is 1. The van der Waals surface area contributed by atoms with Crippen molar-refractivity contribution in [2.45, 2.75) is 39.3 Å². The van der Waals surface area contributed by atoms with Crippen molar-refractivity contribution in [3.8, 4) is 11.1 Å². The second kappa shape index (κ2) is 10.1. The number of rotatable bonds is 7. The Morgan fingerprint density at radius 2 is 1.48 bits per heavy atom. The number of alkyl halides is 3. The van der Waals surface area contributed by atoms with Gasteiger partial charge in [0.2, 0.25) is 0 Å². The van der Waals surface area contributed by atoms with Crippen molar-refractivity contribution >= 4 is 18.1 Å². The molecule has 172 valence electrons. The summed E-state index contributed by atoms with van der Waals surface area (Å²) in [5, 5.41) is 9.84. The minimum atomic E-state index is -4.41. The first kappa shape index (κ1) is 24.3. The molecule has 0 saturated heterocycles. The van der Waals surface area contributed by atoms with Crippen LogP contribution in [0.4, 0.5) is 13.2 Å². The van der Waals surface area contributed by atoms with Gasteiger partial charge < -0.3 is 5.11 Å². The number of carboxylic acids is 1. The molecule has 0 bridgehead atoms. The minimum Gasteiger partial charge on any atom is -0.481 e. The third kappa shape index (κ3) is 6.58. The molecule has 0 aromatic heterocycles. The molecule has 3 aromatic rings. The van der Waals surface area contributed by atoms with Crippen LogP contribution in [-0.4, -0.2) is 11.1 Å². The summed E-state index contributed by atoms with van der Waals surface area (Å²) in [5.74, 6) is -1.44. The number of hydrogen-bond donors (Lipinski definition) is 1. The zero-order valence-electron chi connectivity index (χ0n) is 18.9. The minimum absolute atomic E-state index is 0.173. The molecular weight excluding hydrogens is 425 g/mol. The lowest BCUT2D eigenvalue weighted by Crippen LogP contribution is -2.14. The number of hydrogen-bond acceptors (Lipinski definition) is 1. The van der Waals surface area contributed by atoms with Gasteiger partial charge in [0.05, 0.1) is 11.5 Å². The van der Waals surface area contributed by atoms with Crippen molar-refractivity contribution in [1.29, 1.82) is 0 Å². The van der Waals surface area contributed by atoms with Gasteiger partial charge in [0.15, 0.2) is 0 Å². The highest BCUT2D eigenvalue weighted by molar-refractivity contribution is 5.80. The van der Waals surface area contributed by atoms with E-state index < -0.39 is 23.6 Å².